The fourth-order valence-corrected chi connectivity index (χ4v) is 3.46. The van der Waals surface area contributed by atoms with Gasteiger partial charge in [-0.25, -0.2) is 4.79 Å². The van der Waals surface area contributed by atoms with Gasteiger partial charge in [0.05, 0.1) is 25.8 Å². The summed E-state index contributed by atoms with van der Waals surface area (Å²) < 4.78 is 4.84. The second-order valence-electron chi connectivity index (χ2n) is 7.29. The Kier molecular flexibility index (Phi) is 7.87. The smallest absolute Gasteiger partial charge is 0.337 e. The standard InChI is InChI=1S/C24H24ClN3O5/c1-15(30)26-19-10-7-17(6-3-16-4-8-18(25)9-5-16)21(13-19)27-22-20(24(32)33-2)14-28(11-12-29)23(22)31/h3-10,13,27,29H,11-12,14H2,1-2H3,(H,26,30). The zero-order valence-corrected chi connectivity index (χ0v) is 19.0. The summed E-state index contributed by atoms with van der Waals surface area (Å²) in [5.74, 6) is -1.31. The van der Waals surface area contributed by atoms with Gasteiger partial charge in [-0.2, -0.15) is 0 Å². The van der Waals surface area contributed by atoms with Gasteiger partial charge in [0.25, 0.3) is 5.91 Å². The molecule has 0 aromatic heterocycles. The summed E-state index contributed by atoms with van der Waals surface area (Å²) in [5.41, 5.74) is 2.87. The van der Waals surface area contributed by atoms with Gasteiger partial charge in [0, 0.05) is 29.9 Å². The van der Waals surface area contributed by atoms with Crippen LogP contribution in [0.1, 0.15) is 18.1 Å². The van der Waals surface area contributed by atoms with Gasteiger partial charge in [0.15, 0.2) is 0 Å². The molecule has 0 fully saturated rings. The van der Waals surface area contributed by atoms with Crippen molar-refractivity contribution < 1.29 is 24.2 Å². The molecule has 0 saturated heterocycles. The van der Waals surface area contributed by atoms with E-state index in [9.17, 15) is 19.5 Å². The second-order valence-corrected chi connectivity index (χ2v) is 7.72. The molecule has 1 aliphatic heterocycles. The van der Waals surface area contributed by atoms with Crippen molar-refractivity contribution in [1.29, 1.82) is 0 Å². The van der Waals surface area contributed by atoms with E-state index in [-0.39, 0.29) is 36.9 Å². The van der Waals surface area contributed by atoms with E-state index in [4.69, 9.17) is 16.3 Å². The lowest BCUT2D eigenvalue weighted by atomic mass is 10.1. The first-order valence-corrected chi connectivity index (χ1v) is 10.5. The highest BCUT2D eigenvalue weighted by Gasteiger charge is 2.34. The summed E-state index contributed by atoms with van der Waals surface area (Å²) in [7, 11) is 1.24. The van der Waals surface area contributed by atoms with Crippen LogP contribution in [0.25, 0.3) is 12.2 Å². The Morgan fingerprint density at radius 2 is 1.91 bits per heavy atom. The molecule has 0 radical (unpaired) electrons. The van der Waals surface area contributed by atoms with E-state index in [1.807, 2.05) is 24.3 Å². The molecule has 8 nitrogen and oxygen atoms in total. The highest BCUT2D eigenvalue weighted by molar-refractivity contribution is 6.30. The predicted molar refractivity (Wildman–Crippen MR) is 127 cm³/mol. The van der Waals surface area contributed by atoms with Gasteiger partial charge in [-0.05, 0) is 35.4 Å². The van der Waals surface area contributed by atoms with Crippen molar-refractivity contribution in [3.63, 3.8) is 0 Å². The number of ether oxygens (including phenoxy) is 1. The molecule has 0 atom stereocenters. The van der Waals surface area contributed by atoms with Crippen molar-refractivity contribution in [1.82, 2.24) is 4.90 Å². The molecule has 0 saturated carbocycles. The predicted octanol–water partition coefficient (Wildman–Crippen LogP) is 3.14. The Morgan fingerprint density at radius 1 is 1.18 bits per heavy atom. The highest BCUT2D eigenvalue weighted by atomic mass is 35.5. The minimum absolute atomic E-state index is 0.0235. The van der Waals surface area contributed by atoms with Crippen molar-refractivity contribution in [3.05, 3.63) is 69.9 Å². The van der Waals surface area contributed by atoms with E-state index < -0.39 is 11.9 Å². The second kappa shape index (κ2) is 10.8. The van der Waals surface area contributed by atoms with E-state index in [0.717, 1.165) is 5.56 Å². The Hall–Kier alpha value is -3.62. The summed E-state index contributed by atoms with van der Waals surface area (Å²) >= 11 is 5.94. The van der Waals surface area contributed by atoms with Crippen LogP contribution >= 0.6 is 11.6 Å². The number of methoxy groups -OCH3 is 1. The van der Waals surface area contributed by atoms with Gasteiger partial charge in [-0.3, -0.25) is 9.59 Å². The average molecular weight is 470 g/mol. The Labute approximate surface area is 196 Å². The SMILES string of the molecule is COC(=O)C1=C(Nc2cc(NC(C)=O)ccc2C=Cc2ccc(Cl)cc2)C(=O)N(CCO)C1. The van der Waals surface area contributed by atoms with E-state index in [1.54, 1.807) is 30.3 Å². The average Bonchev–Trinajstić information content (AvgIpc) is 3.09. The molecule has 0 spiro atoms. The third-order valence-electron chi connectivity index (χ3n) is 4.91. The van der Waals surface area contributed by atoms with Crippen LogP contribution in [0, 0.1) is 0 Å². The highest BCUT2D eigenvalue weighted by Crippen LogP contribution is 2.28. The topological polar surface area (TPSA) is 108 Å². The Bertz CT molecular complexity index is 1130. The molecule has 9 heteroatoms. The largest absolute Gasteiger partial charge is 0.466 e. The van der Waals surface area contributed by atoms with Gasteiger partial charge in [0.2, 0.25) is 5.91 Å². The van der Waals surface area contributed by atoms with Gasteiger partial charge in [0.1, 0.15) is 5.70 Å². The van der Waals surface area contributed by atoms with Gasteiger partial charge >= 0.3 is 5.97 Å². The van der Waals surface area contributed by atoms with E-state index in [0.29, 0.717) is 22.0 Å². The molecule has 172 valence electrons. The maximum absolute atomic E-state index is 12.9. The van der Waals surface area contributed by atoms with Crippen LogP contribution in [0.2, 0.25) is 5.02 Å². The molecule has 33 heavy (non-hydrogen) atoms. The quantitative estimate of drug-likeness (QED) is 0.405. The molecule has 0 aliphatic carbocycles. The lowest BCUT2D eigenvalue weighted by molar-refractivity contribution is -0.136. The number of aliphatic hydroxyl groups excluding tert-OH is 1. The molecule has 3 rings (SSSR count). The van der Waals surface area contributed by atoms with Crippen molar-refractivity contribution >= 4 is 52.9 Å². The molecular weight excluding hydrogens is 446 g/mol. The number of halogens is 1. The molecule has 3 N–H and O–H groups in total. The molecule has 2 amide bonds. The number of rotatable bonds is 8. The van der Waals surface area contributed by atoms with Gasteiger partial charge < -0.3 is 25.4 Å². The third kappa shape index (κ3) is 6.00. The minimum atomic E-state index is -0.637. The number of nitrogens with one attached hydrogen (secondary N) is 2. The lowest BCUT2D eigenvalue weighted by Gasteiger charge is -2.16. The minimum Gasteiger partial charge on any atom is -0.466 e. The molecule has 0 unspecified atom stereocenters. The molecular formula is C24H24ClN3O5. The van der Waals surface area contributed by atoms with Crippen molar-refractivity contribution in [2.45, 2.75) is 6.92 Å². The van der Waals surface area contributed by atoms with E-state index in [2.05, 4.69) is 10.6 Å². The van der Waals surface area contributed by atoms with E-state index >= 15 is 0 Å². The van der Waals surface area contributed by atoms with Crippen LogP contribution in [0.5, 0.6) is 0 Å². The fraction of sp³-hybridized carbons (Fsp3) is 0.208. The molecule has 0 bridgehead atoms. The first-order valence-electron chi connectivity index (χ1n) is 10.2. The summed E-state index contributed by atoms with van der Waals surface area (Å²) in [6.07, 6.45) is 3.71. The number of anilines is 2. The molecule has 2 aromatic carbocycles. The van der Waals surface area contributed by atoms with E-state index in [1.165, 1.54) is 18.9 Å². The maximum Gasteiger partial charge on any atom is 0.337 e. The number of nitrogens with zero attached hydrogens (tertiary/aromatic N) is 1. The number of aliphatic hydroxyl groups is 1. The van der Waals surface area contributed by atoms with Crippen molar-refractivity contribution in [3.8, 4) is 0 Å². The summed E-state index contributed by atoms with van der Waals surface area (Å²) in [5, 5.41) is 15.6. The maximum atomic E-state index is 12.9. The summed E-state index contributed by atoms with van der Waals surface area (Å²) in [6.45, 7) is 1.27. The normalized spacial score (nSPS) is 13.6. The zero-order valence-electron chi connectivity index (χ0n) is 18.2. The number of hydrogen-bond donors (Lipinski definition) is 3. The van der Waals surface area contributed by atoms with Crippen LogP contribution in [-0.4, -0.2) is 54.6 Å². The van der Waals surface area contributed by atoms with Crippen molar-refractivity contribution in [2.24, 2.45) is 0 Å². The first-order chi connectivity index (χ1) is 15.8. The fourth-order valence-electron chi connectivity index (χ4n) is 3.33. The number of hydrogen-bond acceptors (Lipinski definition) is 6. The number of β-amino-alcohol motifs (C(OH)–C–C–N with tert-alkyl or cyclic N) is 1. The summed E-state index contributed by atoms with van der Waals surface area (Å²) in [6, 6.07) is 12.5. The van der Waals surface area contributed by atoms with Crippen LogP contribution in [0.15, 0.2) is 53.7 Å². The molecule has 1 heterocycles. The lowest BCUT2D eigenvalue weighted by Crippen LogP contribution is -2.31. The number of amides is 2. The number of benzene rings is 2. The van der Waals surface area contributed by atoms with Crippen LogP contribution in [-0.2, 0) is 19.1 Å². The number of carbonyl (C=O) groups is 3. The monoisotopic (exact) mass is 469 g/mol. The van der Waals surface area contributed by atoms with Crippen LogP contribution in [0.3, 0.4) is 0 Å². The Balaban J connectivity index is 2.00. The molecule has 2 aromatic rings. The first kappa shape index (κ1) is 24.0. The van der Waals surface area contributed by atoms with Crippen LogP contribution in [0.4, 0.5) is 11.4 Å². The van der Waals surface area contributed by atoms with Crippen LogP contribution < -0.4 is 10.6 Å². The zero-order chi connectivity index (χ0) is 24.0. The number of esters is 1. The van der Waals surface area contributed by atoms with Gasteiger partial charge in [-0.15, -0.1) is 0 Å². The Morgan fingerprint density at radius 3 is 2.55 bits per heavy atom. The third-order valence-corrected chi connectivity index (χ3v) is 5.16. The van der Waals surface area contributed by atoms with Crippen molar-refractivity contribution in [2.75, 3.05) is 37.4 Å². The molecule has 1 aliphatic rings. The van der Waals surface area contributed by atoms with Gasteiger partial charge in [-0.1, -0.05) is 42.0 Å². The summed E-state index contributed by atoms with van der Waals surface area (Å²) in [4.78, 5) is 38.1. The number of carbonyl (C=O) groups excluding carboxylic acids is 3.